The van der Waals surface area contributed by atoms with Gasteiger partial charge in [0.25, 0.3) is 0 Å². The van der Waals surface area contributed by atoms with Gasteiger partial charge in [-0.25, -0.2) is 4.79 Å². The summed E-state index contributed by atoms with van der Waals surface area (Å²) >= 11 is 0. The van der Waals surface area contributed by atoms with Gasteiger partial charge in [0, 0.05) is 23.3 Å². The molecule has 3 heterocycles. The summed E-state index contributed by atoms with van der Waals surface area (Å²) in [7, 11) is 1.90. The van der Waals surface area contributed by atoms with E-state index in [4.69, 9.17) is 14.2 Å². The number of carbonyl (C=O) groups is 1. The smallest absolute Gasteiger partial charge is 0.343 e. The van der Waals surface area contributed by atoms with Crippen LogP contribution in [-0.4, -0.2) is 96.6 Å². The molecule has 3 spiro atoms. The summed E-state index contributed by atoms with van der Waals surface area (Å²) < 4.78 is 20.8. The molecule has 2 aliphatic heterocycles. The molecule has 12 nitrogen and oxygen atoms in total. The lowest BCUT2D eigenvalue weighted by Crippen LogP contribution is -2.83. The Hall–Kier alpha value is -4.63. The van der Waals surface area contributed by atoms with Crippen LogP contribution in [0, 0.1) is 40.4 Å². The number of esters is 1. The van der Waals surface area contributed by atoms with E-state index in [-0.39, 0.29) is 40.4 Å². The molecule has 348 valence electrons. The van der Waals surface area contributed by atoms with E-state index in [2.05, 4.69) is 34.6 Å². The summed E-state index contributed by atoms with van der Waals surface area (Å²) in [6, 6.07) is 21.7. The van der Waals surface area contributed by atoms with E-state index in [0.29, 0.717) is 43.1 Å². The number of fused-ring (bicyclic) bond motifs is 6. The number of ether oxygens (including phenoxy) is 3. The van der Waals surface area contributed by atoms with Crippen molar-refractivity contribution in [2.24, 2.45) is 40.4 Å². The number of carbonyl (C=O) groups excluding carboxylic acids is 1. The Labute approximate surface area is 387 Å². The van der Waals surface area contributed by atoms with Crippen LogP contribution in [0.4, 0.5) is 0 Å². The second-order valence-electron chi connectivity index (χ2n) is 22.1. The van der Waals surface area contributed by atoms with Crippen LogP contribution in [0.15, 0.2) is 84.5 Å². The van der Waals surface area contributed by atoms with Gasteiger partial charge in [-0.15, -0.1) is 0 Å². The van der Waals surface area contributed by atoms with Crippen LogP contribution in [0.2, 0.25) is 0 Å². The number of nitrogens with one attached hydrogen (secondary N) is 2. The van der Waals surface area contributed by atoms with Gasteiger partial charge in [-0.1, -0.05) is 73.0 Å². The molecule has 1 aromatic heterocycles. The fourth-order valence-electron chi connectivity index (χ4n) is 18.0. The van der Waals surface area contributed by atoms with Gasteiger partial charge in [-0.2, -0.15) is 0 Å². The number of rotatable bonds is 5. The third kappa shape index (κ3) is 4.66. The van der Waals surface area contributed by atoms with Crippen LogP contribution in [-0.2, 0) is 26.3 Å². The van der Waals surface area contributed by atoms with Crippen LogP contribution in [0.25, 0.3) is 38.5 Å². The number of hydrogen-bond donors (Lipinski definition) is 8. The van der Waals surface area contributed by atoms with Crippen molar-refractivity contribution >= 4 is 44.5 Å². The molecule has 12 heteroatoms. The summed E-state index contributed by atoms with van der Waals surface area (Å²) in [5.74, 6) is -4.56. The number of aromatic nitrogens is 1. The molecule has 5 saturated carbocycles. The number of aromatic amines is 1. The number of phenolic OH excluding ortho intramolecular Hbond substituents is 1. The highest BCUT2D eigenvalue weighted by Gasteiger charge is 2.88. The van der Waals surface area contributed by atoms with Gasteiger partial charge >= 0.3 is 5.97 Å². The molecule has 8 N–H and O–H groups in total. The molecule has 14 rings (SSSR count). The molecular formula is C55H58N2O10. The zero-order chi connectivity index (χ0) is 45.6. The van der Waals surface area contributed by atoms with Crippen LogP contribution in [0.1, 0.15) is 81.0 Å². The van der Waals surface area contributed by atoms with Crippen molar-refractivity contribution < 1.29 is 49.6 Å². The summed E-state index contributed by atoms with van der Waals surface area (Å²) in [6.45, 7) is 0.0386. The van der Waals surface area contributed by atoms with E-state index < -0.39 is 76.6 Å². The first kappa shape index (κ1) is 41.4. The third-order valence-corrected chi connectivity index (χ3v) is 20.0. The molecular weight excluding hydrogens is 849 g/mol. The highest BCUT2D eigenvalue weighted by molar-refractivity contribution is 6.14. The molecule has 2 bridgehead atoms. The monoisotopic (exact) mass is 906 g/mol. The molecule has 9 aliphatic rings. The lowest BCUT2D eigenvalue weighted by Gasteiger charge is -2.74. The molecule has 7 aliphatic carbocycles. The first-order chi connectivity index (χ1) is 32.4. The van der Waals surface area contributed by atoms with Crippen LogP contribution in [0.5, 0.6) is 11.5 Å². The van der Waals surface area contributed by atoms with Gasteiger partial charge in [0.05, 0.1) is 34.9 Å². The Morgan fingerprint density at radius 3 is 2.55 bits per heavy atom. The van der Waals surface area contributed by atoms with Crippen molar-refractivity contribution in [2.75, 3.05) is 13.6 Å². The fraction of sp³-hybridized carbons (Fsp3) is 0.509. The van der Waals surface area contributed by atoms with Crippen molar-refractivity contribution in [3.05, 3.63) is 101 Å². The minimum Gasteiger partial charge on any atom is -0.508 e. The summed E-state index contributed by atoms with van der Waals surface area (Å²) in [6.07, 6.45) is 8.80. The summed E-state index contributed by atoms with van der Waals surface area (Å²) in [5.41, 5.74) is -1.23. The molecule has 7 fully saturated rings. The molecule has 0 radical (unpaired) electrons. The zero-order valence-corrected chi connectivity index (χ0v) is 37.6. The van der Waals surface area contributed by atoms with Gasteiger partial charge in [0.2, 0.25) is 5.79 Å². The largest absolute Gasteiger partial charge is 0.508 e. The second-order valence-corrected chi connectivity index (χ2v) is 22.1. The topological polar surface area (TPSA) is 194 Å². The maximum Gasteiger partial charge on any atom is 0.343 e. The molecule has 5 aromatic rings. The Kier molecular flexibility index (Phi) is 8.38. The number of hydrogen-bond acceptors (Lipinski definition) is 11. The van der Waals surface area contributed by atoms with Gasteiger partial charge in [-0.3, -0.25) is 0 Å². The Bertz CT molecular complexity index is 3030. The van der Waals surface area contributed by atoms with Crippen molar-refractivity contribution in [2.45, 2.75) is 118 Å². The Morgan fingerprint density at radius 2 is 1.76 bits per heavy atom. The second kappa shape index (κ2) is 13.6. The summed E-state index contributed by atoms with van der Waals surface area (Å²) in [4.78, 5) is 18.6. The number of allylic oxidation sites excluding steroid dienone is 1. The number of benzene rings is 4. The van der Waals surface area contributed by atoms with E-state index in [1.807, 2.05) is 55.6 Å². The van der Waals surface area contributed by atoms with Gasteiger partial charge in [0.1, 0.15) is 18.0 Å². The van der Waals surface area contributed by atoms with E-state index in [0.717, 1.165) is 76.8 Å². The fourth-order valence-corrected chi connectivity index (χ4v) is 18.0. The predicted octanol–water partition coefficient (Wildman–Crippen LogP) is 6.40. The maximum atomic E-state index is 15.3. The minimum atomic E-state index is -2.65. The molecule has 14 unspecified atom stereocenters. The van der Waals surface area contributed by atoms with E-state index >= 15 is 4.79 Å². The normalized spacial score (nSPS) is 41.5. The minimum absolute atomic E-state index is 0.0132. The number of H-pyrrole nitrogens is 1. The van der Waals surface area contributed by atoms with Crippen LogP contribution >= 0.6 is 0 Å². The summed E-state index contributed by atoms with van der Waals surface area (Å²) in [5, 5.41) is 81.7. The van der Waals surface area contributed by atoms with E-state index in [1.165, 1.54) is 0 Å². The SMILES string of the molecule is CNCC1CC2C3C4=CC(O)C5(O)OC(C(=O)Oc6c(CO)[nH]c7ccc8cc9ccccc9cc8c67)C(OC2(CC4)C2(CCC4CC6(CCCC6)C6C=Cc7cc(O)ccc7C462)C1O)C35O. The lowest BCUT2D eigenvalue weighted by atomic mass is 9.35. The number of aliphatic hydroxyl groups excluding tert-OH is 3. The number of aliphatic hydroxyl groups is 5. The Balaban J connectivity index is 0.966. The maximum absolute atomic E-state index is 15.3. The quantitative estimate of drug-likeness (QED) is 0.0553. The van der Waals surface area contributed by atoms with Crippen molar-refractivity contribution in [1.82, 2.24) is 10.3 Å². The lowest BCUT2D eigenvalue weighted by molar-refractivity contribution is -0.387. The zero-order valence-electron chi connectivity index (χ0n) is 37.6. The van der Waals surface area contributed by atoms with Crippen molar-refractivity contribution in [3.63, 3.8) is 0 Å². The molecule has 4 aromatic carbocycles. The molecule has 14 atom stereocenters. The molecule has 67 heavy (non-hydrogen) atoms. The van der Waals surface area contributed by atoms with Gasteiger partial charge in [0.15, 0.2) is 17.5 Å². The number of aromatic hydroxyl groups is 1. The van der Waals surface area contributed by atoms with Crippen molar-refractivity contribution in [1.29, 1.82) is 0 Å². The van der Waals surface area contributed by atoms with Gasteiger partial charge < -0.3 is 55.2 Å². The third-order valence-electron chi connectivity index (χ3n) is 20.0. The van der Waals surface area contributed by atoms with Crippen LogP contribution < -0.4 is 10.1 Å². The highest BCUT2D eigenvalue weighted by atomic mass is 16.7. The Morgan fingerprint density at radius 1 is 0.955 bits per heavy atom. The van der Waals surface area contributed by atoms with Crippen LogP contribution in [0.3, 0.4) is 0 Å². The average molecular weight is 907 g/mol. The highest BCUT2D eigenvalue weighted by Crippen LogP contribution is 2.84. The number of phenols is 1. The first-order valence-electron chi connectivity index (χ1n) is 24.7. The predicted molar refractivity (Wildman–Crippen MR) is 249 cm³/mol. The molecule has 2 saturated heterocycles. The van der Waals surface area contributed by atoms with E-state index in [9.17, 15) is 30.6 Å². The average Bonchev–Trinajstić information content (AvgIpc) is 4.12. The molecule has 0 amide bonds. The standard InChI is InChI=1S/C55H58N2O10/c1-56-26-33-23-38-44-32-14-19-52(38,51(47(33)61)18-15-34-25-50(16-4-5-17-50)41-13-9-31-21-35(59)10-11-37(31)53(34,41)51)67-48-46(66-55(64,42(60)24-32)54(44,48)63)49(62)65-45-40(27-58)57-39-12-8-30-20-28-6-2-3-7-29(28)22-36(30)43(39)45/h2-3,6-13,20-22,24,33-34,38,41-42,44,46-48,56-61,63-64H,4-5,14-19,23,25-27H2,1H3. The van der Waals surface area contributed by atoms with Crippen molar-refractivity contribution in [3.8, 4) is 11.5 Å². The van der Waals surface area contributed by atoms with Gasteiger partial charge in [-0.05, 0) is 151 Å². The van der Waals surface area contributed by atoms with E-state index in [1.54, 1.807) is 12.1 Å². The first-order valence-corrected chi connectivity index (χ1v) is 24.7.